The summed E-state index contributed by atoms with van der Waals surface area (Å²) in [6.07, 6.45) is -4.59. The number of hydrogen-bond acceptors (Lipinski definition) is 4. The molecule has 1 saturated heterocycles. The summed E-state index contributed by atoms with van der Waals surface area (Å²) in [4.78, 5) is 27.8. The number of ether oxygens (including phenoxy) is 2. The van der Waals surface area contributed by atoms with Crippen molar-refractivity contribution in [2.45, 2.75) is 6.18 Å². The van der Waals surface area contributed by atoms with Crippen LogP contribution in [0.25, 0.3) is 0 Å². The molecular weight excluding hydrogens is 403 g/mol. The topological polar surface area (TPSA) is 71.1 Å². The van der Waals surface area contributed by atoms with Crippen molar-refractivity contribution in [3.05, 3.63) is 48.0 Å². The Kier molecular flexibility index (Phi) is 5.15. The summed E-state index contributed by atoms with van der Waals surface area (Å²) in [5.41, 5.74) is -0.691. The zero-order valence-corrected chi connectivity index (χ0v) is 15.7. The lowest BCUT2D eigenvalue weighted by atomic mass is 10.1. The van der Waals surface area contributed by atoms with E-state index in [2.05, 4.69) is 5.32 Å². The second-order valence-electron chi connectivity index (χ2n) is 6.78. The maximum Gasteiger partial charge on any atom is 0.418 e. The van der Waals surface area contributed by atoms with Gasteiger partial charge < -0.3 is 19.7 Å². The number of para-hydroxylation sites is 1. The van der Waals surface area contributed by atoms with E-state index in [4.69, 9.17) is 9.47 Å². The molecule has 0 unspecified atom stereocenters. The van der Waals surface area contributed by atoms with Crippen LogP contribution in [-0.4, -0.2) is 49.7 Å². The zero-order valence-electron chi connectivity index (χ0n) is 15.7. The van der Waals surface area contributed by atoms with E-state index in [-0.39, 0.29) is 18.8 Å². The van der Waals surface area contributed by atoms with Gasteiger partial charge in [0.05, 0.1) is 11.3 Å². The van der Waals surface area contributed by atoms with Gasteiger partial charge in [-0.2, -0.15) is 13.2 Å². The van der Waals surface area contributed by atoms with E-state index in [9.17, 15) is 22.8 Å². The molecule has 7 nitrogen and oxygen atoms in total. The summed E-state index contributed by atoms with van der Waals surface area (Å²) in [7, 11) is 0. The summed E-state index contributed by atoms with van der Waals surface area (Å²) in [5.74, 6) is 0.423. The molecule has 2 aromatic rings. The Morgan fingerprint density at radius 3 is 2.53 bits per heavy atom. The van der Waals surface area contributed by atoms with Crippen LogP contribution in [0.2, 0.25) is 0 Å². The number of carbonyl (C=O) groups excluding carboxylic acids is 2. The summed E-state index contributed by atoms with van der Waals surface area (Å²) in [6.45, 7) is 1.12. The molecule has 0 radical (unpaired) electrons. The predicted octanol–water partition coefficient (Wildman–Crippen LogP) is 3.36. The van der Waals surface area contributed by atoms with Crippen molar-refractivity contribution in [3.63, 3.8) is 0 Å². The fourth-order valence-corrected chi connectivity index (χ4v) is 3.37. The molecule has 2 aliphatic heterocycles. The third-order valence-electron chi connectivity index (χ3n) is 4.77. The molecular formula is C20H18F3N3O4. The predicted molar refractivity (Wildman–Crippen MR) is 102 cm³/mol. The first kappa shape index (κ1) is 19.9. The van der Waals surface area contributed by atoms with E-state index in [0.717, 1.165) is 6.07 Å². The van der Waals surface area contributed by atoms with Gasteiger partial charge in [0.25, 0.3) is 0 Å². The smallest absolute Gasteiger partial charge is 0.418 e. The van der Waals surface area contributed by atoms with Gasteiger partial charge in [0.15, 0.2) is 11.5 Å². The summed E-state index contributed by atoms with van der Waals surface area (Å²) in [5, 5.41) is 2.25. The van der Waals surface area contributed by atoms with Crippen LogP contribution < -0.4 is 19.7 Å². The average molecular weight is 421 g/mol. The fraction of sp³-hybridized carbons (Fsp3) is 0.300. The third kappa shape index (κ3) is 3.98. The minimum absolute atomic E-state index is 0.265. The molecule has 2 heterocycles. The van der Waals surface area contributed by atoms with E-state index < -0.39 is 23.7 Å². The minimum Gasteiger partial charge on any atom is -0.486 e. The van der Waals surface area contributed by atoms with Gasteiger partial charge in [0.1, 0.15) is 19.8 Å². The number of halogens is 3. The monoisotopic (exact) mass is 421 g/mol. The molecule has 2 aliphatic rings. The maximum absolute atomic E-state index is 13.1. The number of benzene rings is 2. The summed E-state index contributed by atoms with van der Waals surface area (Å²) < 4.78 is 50.2. The Bertz CT molecular complexity index is 980. The van der Waals surface area contributed by atoms with Gasteiger partial charge in [0, 0.05) is 24.8 Å². The molecule has 1 fully saturated rings. The van der Waals surface area contributed by atoms with Gasteiger partial charge in [-0.05, 0) is 24.3 Å². The number of carbonyl (C=O) groups is 2. The molecule has 30 heavy (non-hydrogen) atoms. The highest BCUT2D eigenvalue weighted by atomic mass is 19.4. The van der Waals surface area contributed by atoms with E-state index in [0.29, 0.717) is 36.9 Å². The van der Waals surface area contributed by atoms with Crippen molar-refractivity contribution in [1.29, 1.82) is 0 Å². The lowest BCUT2D eigenvalue weighted by Gasteiger charge is -2.22. The zero-order chi connectivity index (χ0) is 21.3. The van der Waals surface area contributed by atoms with Crippen LogP contribution in [0.15, 0.2) is 42.5 Å². The van der Waals surface area contributed by atoms with E-state index in [1.807, 2.05) is 0 Å². The number of rotatable bonds is 4. The molecule has 0 atom stereocenters. The largest absolute Gasteiger partial charge is 0.486 e. The van der Waals surface area contributed by atoms with Gasteiger partial charge in [0.2, 0.25) is 5.91 Å². The van der Waals surface area contributed by atoms with E-state index in [1.165, 1.54) is 28.0 Å². The third-order valence-corrected chi connectivity index (χ3v) is 4.77. The molecule has 0 bridgehead atoms. The number of amides is 3. The molecule has 0 spiro atoms. The standard InChI is InChI=1S/C20H18F3N3O4/c21-20(22,23)14-3-1-2-4-15(14)24-18(27)12-25-7-8-26(19(25)28)13-5-6-16-17(11-13)30-10-9-29-16/h1-6,11H,7-10,12H2,(H,24,27). The second kappa shape index (κ2) is 7.77. The maximum atomic E-state index is 13.1. The summed E-state index contributed by atoms with van der Waals surface area (Å²) >= 11 is 0. The highest BCUT2D eigenvalue weighted by Crippen LogP contribution is 2.36. The van der Waals surface area contributed by atoms with Crippen molar-refractivity contribution >= 4 is 23.3 Å². The highest BCUT2D eigenvalue weighted by Gasteiger charge is 2.35. The van der Waals surface area contributed by atoms with Crippen molar-refractivity contribution < 1.29 is 32.2 Å². The van der Waals surface area contributed by atoms with Crippen molar-refractivity contribution in [1.82, 2.24) is 4.90 Å². The molecule has 158 valence electrons. The number of nitrogens with zero attached hydrogens (tertiary/aromatic N) is 2. The number of nitrogens with one attached hydrogen (secondary N) is 1. The minimum atomic E-state index is -4.59. The number of anilines is 2. The number of urea groups is 1. The number of hydrogen-bond donors (Lipinski definition) is 1. The first-order valence-corrected chi connectivity index (χ1v) is 9.25. The number of alkyl halides is 3. The SMILES string of the molecule is O=C(CN1CCN(c2ccc3c(c2)OCCO3)C1=O)Nc1ccccc1C(F)(F)F. The molecule has 0 aromatic heterocycles. The summed E-state index contributed by atoms with van der Waals surface area (Å²) in [6, 6.07) is 9.41. The quantitative estimate of drug-likeness (QED) is 0.822. The van der Waals surface area contributed by atoms with Crippen LogP contribution in [0.4, 0.5) is 29.3 Å². The fourth-order valence-electron chi connectivity index (χ4n) is 3.37. The van der Waals surface area contributed by atoms with Crippen LogP contribution in [0.5, 0.6) is 11.5 Å². The van der Waals surface area contributed by atoms with Crippen LogP contribution in [0, 0.1) is 0 Å². The van der Waals surface area contributed by atoms with Crippen LogP contribution in [0.1, 0.15) is 5.56 Å². The molecule has 0 saturated carbocycles. The van der Waals surface area contributed by atoms with Crippen LogP contribution >= 0.6 is 0 Å². The normalized spacial score (nSPS) is 16.0. The Morgan fingerprint density at radius 2 is 1.77 bits per heavy atom. The van der Waals surface area contributed by atoms with Gasteiger partial charge >= 0.3 is 12.2 Å². The molecule has 0 aliphatic carbocycles. The lowest BCUT2D eigenvalue weighted by molar-refractivity contribution is -0.137. The van der Waals surface area contributed by atoms with Crippen LogP contribution in [0.3, 0.4) is 0 Å². The average Bonchev–Trinajstić information content (AvgIpc) is 3.07. The van der Waals surface area contributed by atoms with E-state index in [1.54, 1.807) is 18.2 Å². The van der Waals surface area contributed by atoms with Gasteiger partial charge in [-0.3, -0.25) is 9.69 Å². The molecule has 2 aromatic carbocycles. The Hall–Kier alpha value is -3.43. The lowest BCUT2D eigenvalue weighted by Crippen LogP contribution is -2.37. The highest BCUT2D eigenvalue weighted by molar-refractivity contribution is 5.99. The van der Waals surface area contributed by atoms with Gasteiger partial charge in [-0.15, -0.1) is 0 Å². The van der Waals surface area contributed by atoms with Crippen molar-refractivity contribution in [2.24, 2.45) is 0 Å². The van der Waals surface area contributed by atoms with Crippen molar-refractivity contribution in [2.75, 3.05) is 43.1 Å². The van der Waals surface area contributed by atoms with Crippen LogP contribution in [-0.2, 0) is 11.0 Å². The first-order valence-electron chi connectivity index (χ1n) is 9.25. The second-order valence-corrected chi connectivity index (χ2v) is 6.78. The van der Waals surface area contributed by atoms with Gasteiger partial charge in [-0.1, -0.05) is 12.1 Å². The molecule has 10 heteroatoms. The Labute approximate surface area is 170 Å². The first-order chi connectivity index (χ1) is 14.3. The van der Waals surface area contributed by atoms with Gasteiger partial charge in [-0.25, -0.2) is 4.79 Å². The van der Waals surface area contributed by atoms with Crippen molar-refractivity contribution in [3.8, 4) is 11.5 Å². The Morgan fingerprint density at radius 1 is 1.03 bits per heavy atom. The number of fused-ring (bicyclic) bond motifs is 1. The molecule has 3 amide bonds. The molecule has 4 rings (SSSR count). The van der Waals surface area contributed by atoms with E-state index >= 15 is 0 Å². The Balaban J connectivity index is 1.42. The molecule has 1 N–H and O–H groups in total.